The van der Waals surface area contributed by atoms with Gasteiger partial charge in [0.1, 0.15) is 18.2 Å². The molecular formula is C20H20N4O3. The predicted molar refractivity (Wildman–Crippen MR) is 98.1 cm³/mol. The molecule has 0 aliphatic carbocycles. The monoisotopic (exact) mass is 364 g/mol. The molecule has 1 unspecified atom stereocenters. The van der Waals surface area contributed by atoms with E-state index in [0.29, 0.717) is 25.2 Å². The molecule has 1 aromatic heterocycles. The maximum absolute atomic E-state index is 12.9. The molecule has 1 amide bonds. The minimum absolute atomic E-state index is 0.0130. The van der Waals surface area contributed by atoms with Gasteiger partial charge in [0.2, 0.25) is 5.91 Å². The van der Waals surface area contributed by atoms with Crippen LogP contribution in [-0.4, -0.2) is 26.5 Å². The van der Waals surface area contributed by atoms with Crippen molar-refractivity contribution in [1.29, 1.82) is 5.26 Å². The van der Waals surface area contributed by atoms with Crippen LogP contribution in [0.15, 0.2) is 39.9 Å². The Kier molecular flexibility index (Phi) is 4.40. The highest BCUT2D eigenvalue weighted by Gasteiger charge is 2.31. The lowest BCUT2D eigenvalue weighted by Crippen LogP contribution is -2.45. The maximum Gasteiger partial charge on any atom is 0.331 e. The first-order chi connectivity index (χ1) is 13.1. The number of hydrogen-bond acceptors (Lipinski definition) is 4. The van der Waals surface area contributed by atoms with Crippen LogP contribution in [0.2, 0.25) is 0 Å². The van der Waals surface area contributed by atoms with Crippen LogP contribution in [0.5, 0.6) is 0 Å². The van der Waals surface area contributed by atoms with Crippen molar-refractivity contribution in [3.8, 4) is 6.07 Å². The van der Waals surface area contributed by atoms with Crippen molar-refractivity contribution in [3.63, 3.8) is 0 Å². The number of nitrogens with zero attached hydrogens (tertiary/aromatic N) is 4. The number of likely N-dealkylation sites (tertiary alicyclic amines) is 1. The zero-order chi connectivity index (χ0) is 19.0. The lowest BCUT2D eigenvalue weighted by atomic mass is 10.0. The van der Waals surface area contributed by atoms with Crippen molar-refractivity contribution in [1.82, 2.24) is 14.0 Å². The fraction of sp³-hybridized carbons (Fsp3) is 0.400. The van der Waals surface area contributed by atoms with Crippen LogP contribution >= 0.6 is 0 Å². The molecule has 138 valence electrons. The fourth-order valence-electron chi connectivity index (χ4n) is 4.20. The van der Waals surface area contributed by atoms with E-state index in [1.54, 1.807) is 4.90 Å². The van der Waals surface area contributed by atoms with Gasteiger partial charge in [-0.15, -0.1) is 0 Å². The third kappa shape index (κ3) is 2.87. The number of benzene rings is 1. The van der Waals surface area contributed by atoms with Gasteiger partial charge < -0.3 is 4.90 Å². The van der Waals surface area contributed by atoms with Crippen molar-refractivity contribution >= 4 is 5.91 Å². The van der Waals surface area contributed by atoms with E-state index in [4.69, 9.17) is 0 Å². The first-order valence-electron chi connectivity index (χ1n) is 9.23. The summed E-state index contributed by atoms with van der Waals surface area (Å²) < 4.78 is 2.39. The Labute approximate surface area is 156 Å². The van der Waals surface area contributed by atoms with Gasteiger partial charge in [-0.2, -0.15) is 5.26 Å². The third-order valence-electron chi connectivity index (χ3n) is 5.49. The minimum atomic E-state index is -0.653. The van der Waals surface area contributed by atoms with Crippen LogP contribution in [0, 0.1) is 11.3 Å². The quantitative estimate of drug-likeness (QED) is 0.818. The molecule has 1 fully saturated rings. The molecule has 0 bridgehead atoms. The Hall–Kier alpha value is -3.14. The summed E-state index contributed by atoms with van der Waals surface area (Å²) in [5, 5.41) is 9.36. The van der Waals surface area contributed by atoms with Crippen LogP contribution in [0.4, 0.5) is 0 Å². The standard InChI is InChI=1S/C20H20N4O3/c21-12-15-17-9-5-11-23(17)20(27)24(19(15)26)13-18(25)22-10-4-8-16(22)14-6-2-1-3-7-14/h1-3,6-7,16H,4-5,8-11,13H2. The van der Waals surface area contributed by atoms with Crippen LogP contribution in [0.25, 0.3) is 0 Å². The summed E-state index contributed by atoms with van der Waals surface area (Å²) in [5.41, 5.74) is 0.398. The molecule has 1 atom stereocenters. The second-order valence-electron chi connectivity index (χ2n) is 7.02. The lowest BCUT2D eigenvalue weighted by molar-refractivity contribution is -0.132. The number of aromatic nitrogens is 2. The number of fused-ring (bicyclic) bond motifs is 1. The molecule has 2 aromatic rings. The van der Waals surface area contributed by atoms with E-state index in [1.165, 1.54) is 4.57 Å². The van der Waals surface area contributed by atoms with Crippen molar-refractivity contribution in [2.45, 2.75) is 44.8 Å². The fourth-order valence-corrected chi connectivity index (χ4v) is 4.20. The molecule has 0 saturated carbocycles. The molecule has 0 radical (unpaired) electrons. The molecule has 1 saturated heterocycles. The van der Waals surface area contributed by atoms with Gasteiger partial charge >= 0.3 is 5.69 Å². The van der Waals surface area contributed by atoms with E-state index in [2.05, 4.69) is 0 Å². The molecular weight excluding hydrogens is 344 g/mol. The second-order valence-corrected chi connectivity index (χ2v) is 7.02. The molecule has 7 heteroatoms. The van der Waals surface area contributed by atoms with Gasteiger partial charge in [0.25, 0.3) is 5.56 Å². The van der Waals surface area contributed by atoms with Gasteiger partial charge in [0, 0.05) is 18.8 Å². The largest absolute Gasteiger partial charge is 0.334 e. The first-order valence-corrected chi connectivity index (χ1v) is 9.23. The zero-order valence-corrected chi connectivity index (χ0v) is 14.9. The van der Waals surface area contributed by atoms with Crippen molar-refractivity contribution in [2.75, 3.05) is 6.54 Å². The average molecular weight is 364 g/mol. The Bertz CT molecular complexity index is 1050. The van der Waals surface area contributed by atoms with Gasteiger partial charge in [0.15, 0.2) is 0 Å². The minimum Gasteiger partial charge on any atom is -0.334 e. The number of carbonyl (C=O) groups excluding carboxylic acids is 1. The van der Waals surface area contributed by atoms with Crippen molar-refractivity contribution < 1.29 is 4.79 Å². The van der Waals surface area contributed by atoms with Crippen LogP contribution in [-0.2, 0) is 24.3 Å². The van der Waals surface area contributed by atoms with Gasteiger partial charge in [-0.25, -0.2) is 9.36 Å². The topological polar surface area (TPSA) is 88.1 Å². The Balaban J connectivity index is 1.67. The second kappa shape index (κ2) is 6.88. The number of hydrogen-bond donors (Lipinski definition) is 0. The summed E-state index contributed by atoms with van der Waals surface area (Å²) in [6.07, 6.45) is 3.01. The summed E-state index contributed by atoms with van der Waals surface area (Å²) in [4.78, 5) is 40.0. The van der Waals surface area contributed by atoms with Crippen molar-refractivity contribution in [3.05, 3.63) is 68.0 Å². The molecule has 2 aliphatic rings. The number of rotatable bonds is 3. The average Bonchev–Trinajstić information content (AvgIpc) is 3.36. The van der Waals surface area contributed by atoms with Gasteiger partial charge in [0.05, 0.1) is 6.04 Å². The number of nitriles is 1. The Morgan fingerprint density at radius 1 is 1.15 bits per heavy atom. The number of carbonyl (C=O) groups is 1. The molecule has 1 aromatic carbocycles. The summed E-state index contributed by atoms with van der Waals surface area (Å²) in [6, 6.07) is 11.7. The number of amides is 1. The molecule has 4 rings (SSSR count). The molecule has 7 nitrogen and oxygen atoms in total. The predicted octanol–water partition coefficient (Wildman–Crippen LogP) is 1.19. The molecule has 0 spiro atoms. The Morgan fingerprint density at radius 3 is 2.67 bits per heavy atom. The SMILES string of the molecule is N#Cc1c2n(c(=O)n(CC(=O)N3CCCC3c3ccccc3)c1=O)CCC2. The maximum atomic E-state index is 12.9. The van der Waals surface area contributed by atoms with E-state index >= 15 is 0 Å². The zero-order valence-electron chi connectivity index (χ0n) is 14.9. The summed E-state index contributed by atoms with van der Waals surface area (Å²) in [6.45, 7) is 0.758. The summed E-state index contributed by atoms with van der Waals surface area (Å²) >= 11 is 0. The molecule has 27 heavy (non-hydrogen) atoms. The van der Waals surface area contributed by atoms with Gasteiger partial charge in [-0.3, -0.25) is 14.2 Å². The van der Waals surface area contributed by atoms with E-state index in [1.807, 2.05) is 36.4 Å². The highest BCUT2D eigenvalue weighted by atomic mass is 16.2. The van der Waals surface area contributed by atoms with E-state index in [-0.39, 0.29) is 24.1 Å². The van der Waals surface area contributed by atoms with E-state index in [9.17, 15) is 19.6 Å². The molecule has 3 heterocycles. The van der Waals surface area contributed by atoms with E-state index < -0.39 is 11.2 Å². The van der Waals surface area contributed by atoms with Crippen LogP contribution < -0.4 is 11.2 Å². The molecule has 2 aliphatic heterocycles. The highest BCUT2D eigenvalue weighted by Crippen LogP contribution is 2.31. The molecule has 0 N–H and O–H groups in total. The van der Waals surface area contributed by atoms with E-state index in [0.717, 1.165) is 29.4 Å². The van der Waals surface area contributed by atoms with Gasteiger partial charge in [-0.1, -0.05) is 30.3 Å². The van der Waals surface area contributed by atoms with Gasteiger partial charge in [-0.05, 0) is 31.2 Å². The Morgan fingerprint density at radius 2 is 1.93 bits per heavy atom. The third-order valence-corrected chi connectivity index (χ3v) is 5.49. The normalized spacial score (nSPS) is 18.3. The lowest BCUT2D eigenvalue weighted by Gasteiger charge is -2.25. The van der Waals surface area contributed by atoms with Crippen LogP contribution in [0.3, 0.4) is 0 Å². The van der Waals surface area contributed by atoms with Crippen molar-refractivity contribution in [2.24, 2.45) is 0 Å². The first kappa shape index (κ1) is 17.3. The smallest absolute Gasteiger partial charge is 0.331 e. The van der Waals surface area contributed by atoms with Crippen LogP contribution in [0.1, 0.15) is 42.1 Å². The summed E-state index contributed by atoms with van der Waals surface area (Å²) in [7, 11) is 0. The highest BCUT2D eigenvalue weighted by molar-refractivity contribution is 5.77. The summed E-state index contributed by atoms with van der Waals surface area (Å²) in [5.74, 6) is -0.261.